The molecular formula is C18H19ClN8. The van der Waals surface area contributed by atoms with Crippen LogP contribution in [0.1, 0.15) is 40.9 Å². The second kappa shape index (κ2) is 5.63. The molecule has 1 saturated carbocycles. The summed E-state index contributed by atoms with van der Waals surface area (Å²) >= 11 is 6.36. The van der Waals surface area contributed by atoms with Gasteiger partial charge in [-0.3, -0.25) is 9.36 Å². The molecule has 0 unspecified atom stereocenters. The van der Waals surface area contributed by atoms with E-state index in [1.54, 1.807) is 9.20 Å². The lowest BCUT2D eigenvalue weighted by Gasteiger charge is -2.04. The second-order valence-corrected chi connectivity index (χ2v) is 7.59. The molecule has 2 atom stereocenters. The van der Waals surface area contributed by atoms with Gasteiger partial charge in [0.05, 0.1) is 17.6 Å². The maximum atomic E-state index is 6.36. The summed E-state index contributed by atoms with van der Waals surface area (Å²) in [5.74, 6) is 1.52. The van der Waals surface area contributed by atoms with Crippen molar-refractivity contribution >= 4 is 17.2 Å². The van der Waals surface area contributed by atoms with Gasteiger partial charge in [-0.05, 0) is 43.9 Å². The first kappa shape index (κ1) is 16.4. The molecule has 1 fully saturated rings. The Bertz CT molecular complexity index is 1180. The lowest BCUT2D eigenvalue weighted by Crippen LogP contribution is -2.02. The predicted molar refractivity (Wildman–Crippen MR) is 101 cm³/mol. The Labute approximate surface area is 160 Å². The van der Waals surface area contributed by atoms with Crippen LogP contribution < -0.4 is 0 Å². The van der Waals surface area contributed by atoms with E-state index in [4.69, 9.17) is 21.8 Å². The Kier molecular flexibility index (Phi) is 3.42. The Balaban J connectivity index is 1.51. The summed E-state index contributed by atoms with van der Waals surface area (Å²) in [6.45, 7) is 3.92. The van der Waals surface area contributed by atoms with Crippen LogP contribution in [0.2, 0.25) is 5.15 Å². The van der Waals surface area contributed by atoms with Crippen LogP contribution in [0.3, 0.4) is 0 Å². The van der Waals surface area contributed by atoms with Crippen molar-refractivity contribution in [3.05, 3.63) is 46.1 Å². The van der Waals surface area contributed by atoms with Gasteiger partial charge in [0.15, 0.2) is 11.5 Å². The highest BCUT2D eigenvalue weighted by Crippen LogP contribution is 2.55. The minimum absolute atomic E-state index is 0.369. The molecule has 5 rings (SSSR count). The van der Waals surface area contributed by atoms with E-state index in [-0.39, 0.29) is 0 Å². The Hall–Kier alpha value is -2.74. The fourth-order valence-electron chi connectivity index (χ4n) is 3.72. The molecule has 0 aliphatic heterocycles. The molecule has 0 spiro atoms. The van der Waals surface area contributed by atoms with Crippen molar-refractivity contribution in [2.24, 2.45) is 14.1 Å². The molecule has 9 heteroatoms. The highest BCUT2D eigenvalue weighted by atomic mass is 35.5. The van der Waals surface area contributed by atoms with Gasteiger partial charge in [-0.25, -0.2) is 0 Å². The van der Waals surface area contributed by atoms with Gasteiger partial charge in [-0.1, -0.05) is 11.6 Å². The zero-order valence-corrected chi connectivity index (χ0v) is 16.3. The highest BCUT2D eigenvalue weighted by molar-refractivity contribution is 6.30. The molecule has 0 saturated heterocycles. The van der Waals surface area contributed by atoms with E-state index in [9.17, 15) is 0 Å². The molecule has 0 N–H and O–H groups in total. The molecule has 138 valence electrons. The summed E-state index contributed by atoms with van der Waals surface area (Å²) < 4.78 is 5.38. The minimum atomic E-state index is 0.369. The van der Waals surface area contributed by atoms with Crippen LogP contribution in [-0.2, 0) is 14.1 Å². The normalized spacial score (nSPS) is 19.1. The third-order valence-electron chi connectivity index (χ3n) is 5.33. The lowest BCUT2D eigenvalue weighted by atomic mass is 10.1. The Morgan fingerprint density at radius 3 is 2.59 bits per heavy atom. The van der Waals surface area contributed by atoms with Gasteiger partial charge >= 0.3 is 0 Å². The number of hydrogen-bond acceptors (Lipinski definition) is 5. The largest absolute Gasteiger partial charge is 0.266 e. The first-order chi connectivity index (χ1) is 12.9. The van der Waals surface area contributed by atoms with Gasteiger partial charge in [0.25, 0.3) is 0 Å². The fourth-order valence-corrected chi connectivity index (χ4v) is 3.95. The van der Waals surface area contributed by atoms with Crippen molar-refractivity contribution in [1.82, 2.24) is 39.4 Å². The minimum Gasteiger partial charge on any atom is -0.266 e. The zero-order valence-electron chi connectivity index (χ0n) is 15.5. The molecule has 0 bridgehead atoms. The summed E-state index contributed by atoms with van der Waals surface area (Å²) in [7, 11) is 3.81. The molecule has 1 aliphatic rings. The van der Waals surface area contributed by atoms with Crippen molar-refractivity contribution in [2.75, 3.05) is 0 Å². The number of hydrogen-bond donors (Lipinski definition) is 0. The Morgan fingerprint density at radius 1 is 1.04 bits per heavy atom. The van der Waals surface area contributed by atoms with E-state index in [1.165, 1.54) is 0 Å². The third-order valence-corrected chi connectivity index (χ3v) is 5.80. The standard InChI is InChI=1S/C18H19ClN8/c1-9-5-15(24-27-10(2)21-22-18(9)27)16-7-14(23-25(16)3)12-6-11(12)13-8-20-26(4)17(13)19/h5,7-8,11-12H,6H2,1-4H3/t11-,12-/m0/s1. The number of aryl methyl sites for hydroxylation is 4. The van der Waals surface area contributed by atoms with Crippen LogP contribution in [-0.4, -0.2) is 39.4 Å². The van der Waals surface area contributed by atoms with Crippen molar-refractivity contribution in [1.29, 1.82) is 0 Å². The topological polar surface area (TPSA) is 78.7 Å². The summed E-state index contributed by atoms with van der Waals surface area (Å²) in [4.78, 5) is 0. The number of fused-ring (bicyclic) bond motifs is 1. The smallest absolute Gasteiger partial charge is 0.180 e. The maximum Gasteiger partial charge on any atom is 0.180 e. The number of rotatable bonds is 3. The Morgan fingerprint density at radius 2 is 1.85 bits per heavy atom. The molecule has 0 amide bonds. The second-order valence-electron chi connectivity index (χ2n) is 7.24. The molecular weight excluding hydrogens is 364 g/mol. The van der Waals surface area contributed by atoms with Gasteiger partial charge in [0.2, 0.25) is 0 Å². The first-order valence-electron chi connectivity index (χ1n) is 8.85. The quantitative estimate of drug-likeness (QED) is 0.544. The molecule has 27 heavy (non-hydrogen) atoms. The molecule has 0 aromatic carbocycles. The molecule has 1 aliphatic carbocycles. The van der Waals surface area contributed by atoms with Crippen LogP contribution in [0.25, 0.3) is 17.0 Å². The van der Waals surface area contributed by atoms with Gasteiger partial charge in [0.1, 0.15) is 10.8 Å². The number of aromatic nitrogens is 8. The van der Waals surface area contributed by atoms with Crippen molar-refractivity contribution in [2.45, 2.75) is 32.1 Å². The molecule has 4 aromatic rings. The number of nitrogens with zero attached hydrogens (tertiary/aromatic N) is 8. The average molecular weight is 383 g/mol. The summed E-state index contributed by atoms with van der Waals surface area (Å²) in [6, 6.07) is 4.16. The van der Waals surface area contributed by atoms with Crippen molar-refractivity contribution in [3.63, 3.8) is 0 Å². The zero-order chi connectivity index (χ0) is 18.9. The van der Waals surface area contributed by atoms with E-state index >= 15 is 0 Å². The summed E-state index contributed by atoms with van der Waals surface area (Å²) in [5.41, 5.74) is 5.83. The summed E-state index contributed by atoms with van der Waals surface area (Å²) in [5, 5.41) is 22.7. The van der Waals surface area contributed by atoms with E-state index in [1.807, 2.05) is 44.9 Å². The van der Waals surface area contributed by atoms with E-state index in [0.29, 0.717) is 17.0 Å². The monoisotopic (exact) mass is 382 g/mol. The van der Waals surface area contributed by atoms with Crippen LogP contribution in [0.5, 0.6) is 0 Å². The fraction of sp³-hybridized carbons (Fsp3) is 0.389. The van der Waals surface area contributed by atoms with Crippen LogP contribution in [0.15, 0.2) is 18.3 Å². The van der Waals surface area contributed by atoms with Crippen LogP contribution in [0.4, 0.5) is 0 Å². The number of halogens is 1. The summed E-state index contributed by atoms with van der Waals surface area (Å²) in [6.07, 6.45) is 2.91. The highest BCUT2D eigenvalue weighted by Gasteiger charge is 2.43. The maximum absolute atomic E-state index is 6.36. The third kappa shape index (κ3) is 2.47. The lowest BCUT2D eigenvalue weighted by molar-refractivity contribution is 0.741. The van der Waals surface area contributed by atoms with Crippen molar-refractivity contribution < 1.29 is 0 Å². The SMILES string of the molecule is Cc1cc(-c2cc([C@H]3C[C@@H]3c3cnn(C)c3Cl)nn2C)nn2c(C)nnc12. The molecule has 0 radical (unpaired) electrons. The molecule has 4 aromatic heterocycles. The molecule has 8 nitrogen and oxygen atoms in total. The van der Waals surface area contributed by atoms with Crippen LogP contribution in [0, 0.1) is 13.8 Å². The van der Waals surface area contributed by atoms with E-state index in [0.717, 1.165) is 46.1 Å². The van der Waals surface area contributed by atoms with Gasteiger partial charge in [0, 0.05) is 25.6 Å². The van der Waals surface area contributed by atoms with Crippen molar-refractivity contribution in [3.8, 4) is 11.4 Å². The van der Waals surface area contributed by atoms with Crippen LogP contribution >= 0.6 is 11.6 Å². The first-order valence-corrected chi connectivity index (χ1v) is 9.23. The van der Waals surface area contributed by atoms with Gasteiger partial charge < -0.3 is 0 Å². The molecule has 4 heterocycles. The van der Waals surface area contributed by atoms with E-state index < -0.39 is 0 Å². The predicted octanol–water partition coefficient (Wildman–Crippen LogP) is 2.80. The van der Waals surface area contributed by atoms with E-state index in [2.05, 4.69) is 21.4 Å². The van der Waals surface area contributed by atoms with Gasteiger partial charge in [-0.2, -0.15) is 19.8 Å². The average Bonchev–Trinajstić information content (AvgIpc) is 3.02. The van der Waals surface area contributed by atoms with Gasteiger partial charge in [-0.15, -0.1) is 10.2 Å².